The number of oxime groups is 1. The Bertz CT molecular complexity index is 885. The molecule has 7 nitrogen and oxygen atoms in total. The quantitative estimate of drug-likeness (QED) is 0.320. The van der Waals surface area contributed by atoms with Crippen molar-refractivity contribution in [1.82, 2.24) is 10.3 Å². The zero-order valence-corrected chi connectivity index (χ0v) is 14.5. The first kappa shape index (κ1) is 17.7. The number of carbonyl (C=O) groups excluding carboxylic acids is 1. The molecule has 0 radical (unpaired) electrons. The van der Waals surface area contributed by atoms with Gasteiger partial charge in [-0.15, -0.1) is 0 Å². The van der Waals surface area contributed by atoms with Gasteiger partial charge in [-0.25, -0.2) is 0 Å². The Morgan fingerprint density at radius 3 is 2.88 bits per heavy atom. The summed E-state index contributed by atoms with van der Waals surface area (Å²) in [5, 5.41) is 27.0. The molecule has 0 saturated heterocycles. The lowest BCUT2D eigenvalue weighted by atomic mass is 9.92. The van der Waals surface area contributed by atoms with E-state index in [1.807, 2.05) is 18.2 Å². The predicted octanol–water partition coefficient (Wildman–Crippen LogP) is 2.39. The number of pyridine rings is 1. The number of rotatable bonds is 6. The Balaban J connectivity index is 1.66. The summed E-state index contributed by atoms with van der Waals surface area (Å²) >= 11 is 0. The number of anilines is 1. The second kappa shape index (κ2) is 8.30. The van der Waals surface area contributed by atoms with Crippen LogP contribution < -0.4 is 10.6 Å². The van der Waals surface area contributed by atoms with E-state index >= 15 is 0 Å². The molecule has 26 heavy (non-hydrogen) atoms. The van der Waals surface area contributed by atoms with Gasteiger partial charge in [0.1, 0.15) is 6.07 Å². The second-order valence-corrected chi connectivity index (χ2v) is 6.23. The molecule has 0 fully saturated rings. The molecule has 7 heteroatoms. The van der Waals surface area contributed by atoms with E-state index < -0.39 is 11.6 Å². The van der Waals surface area contributed by atoms with E-state index in [0.29, 0.717) is 19.5 Å². The molecule has 0 aliphatic heterocycles. The van der Waals surface area contributed by atoms with E-state index in [-0.39, 0.29) is 0 Å². The van der Waals surface area contributed by atoms with Crippen LogP contribution in [0, 0.1) is 11.3 Å². The first-order valence-corrected chi connectivity index (χ1v) is 8.79. The van der Waals surface area contributed by atoms with E-state index in [9.17, 15) is 4.79 Å². The summed E-state index contributed by atoms with van der Waals surface area (Å²) in [5.74, 6) is -0.665. The number of nitrogens with zero attached hydrogens (tertiary/aromatic N) is 3. The second-order valence-electron chi connectivity index (χ2n) is 6.23. The highest BCUT2D eigenvalue weighted by Crippen LogP contribution is 2.33. The van der Waals surface area contributed by atoms with Crippen LogP contribution in [0.5, 0.6) is 0 Å². The molecule has 2 aromatic rings. The summed E-state index contributed by atoms with van der Waals surface area (Å²) in [6.45, 7) is 1.07. The number of aryl methyl sites for hydroxylation is 1. The van der Waals surface area contributed by atoms with Crippen LogP contribution in [0.2, 0.25) is 0 Å². The first-order chi connectivity index (χ1) is 12.7. The number of hydrogen-bond donors (Lipinski definition) is 3. The number of fused-ring (bicyclic) bond motifs is 2. The highest BCUT2D eigenvalue weighted by atomic mass is 16.4. The number of amides is 1. The number of aromatic nitrogens is 1. The van der Waals surface area contributed by atoms with Crippen LogP contribution in [0.25, 0.3) is 10.9 Å². The lowest BCUT2D eigenvalue weighted by Gasteiger charge is -2.21. The molecule has 134 valence electrons. The van der Waals surface area contributed by atoms with Gasteiger partial charge in [-0.1, -0.05) is 23.4 Å². The van der Waals surface area contributed by atoms with Gasteiger partial charge >= 0.3 is 0 Å². The third kappa shape index (κ3) is 3.75. The van der Waals surface area contributed by atoms with Gasteiger partial charge in [0.05, 0.1) is 5.52 Å². The highest BCUT2D eigenvalue weighted by Gasteiger charge is 2.17. The van der Waals surface area contributed by atoms with Crippen LogP contribution in [-0.4, -0.2) is 34.9 Å². The fraction of sp³-hybridized carbons (Fsp3) is 0.368. The van der Waals surface area contributed by atoms with Crippen LogP contribution >= 0.6 is 0 Å². The van der Waals surface area contributed by atoms with E-state index in [1.165, 1.54) is 30.2 Å². The Kier molecular flexibility index (Phi) is 5.64. The molecule has 1 aliphatic rings. The Morgan fingerprint density at radius 1 is 1.27 bits per heavy atom. The van der Waals surface area contributed by atoms with Gasteiger partial charge in [0.2, 0.25) is 5.71 Å². The smallest absolute Gasteiger partial charge is 0.284 e. The van der Waals surface area contributed by atoms with Crippen LogP contribution in [0.3, 0.4) is 0 Å². The molecular formula is C19H21N5O2. The first-order valence-electron chi connectivity index (χ1n) is 8.79. The molecule has 0 bridgehead atoms. The average Bonchev–Trinajstić information content (AvgIpc) is 2.68. The maximum Gasteiger partial charge on any atom is 0.284 e. The minimum atomic E-state index is -0.665. The van der Waals surface area contributed by atoms with Crippen LogP contribution in [0.15, 0.2) is 29.4 Å². The van der Waals surface area contributed by atoms with E-state index in [1.54, 1.807) is 0 Å². The maximum absolute atomic E-state index is 11.6. The Morgan fingerprint density at radius 2 is 2.08 bits per heavy atom. The third-order valence-corrected chi connectivity index (χ3v) is 4.53. The van der Waals surface area contributed by atoms with Crippen LogP contribution in [-0.2, 0) is 17.6 Å². The van der Waals surface area contributed by atoms with Crippen molar-refractivity contribution in [2.75, 3.05) is 18.4 Å². The zero-order chi connectivity index (χ0) is 18.4. The number of nitrogens with one attached hydrogen (secondary N) is 2. The van der Waals surface area contributed by atoms with Crippen molar-refractivity contribution in [3.05, 3.63) is 35.5 Å². The number of carbonyl (C=O) groups is 1. The molecule has 1 aromatic carbocycles. The average molecular weight is 351 g/mol. The fourth-order valence-electron chi connectivity index (χ4n) is 3.28. The lowest BCUT2D eigenvalue weighted by Crippen LogP contribution is -2.31. The molecule has 1 aliphatic carbocycles. The maximum atomic E-state index is 11.6. The zero-order valence-electron chi connectivity index (χ0n) is 14.5. The van der Waals surface area contributed by atoms with Crippen molar-refractivity contribution >= 4 is 28.2 Å². The molecule has 0 atom stereocenters. The number of para-hydroxylation sites is 1. The number of nitriles is 1. The van der Waals surface area contributed by atoms with Crippen molar-refractivity contribution in [3.8, 4) is 6.07 Å². The molecule has 3 N–H and O–H groups in total. The fourth-order valence-corrected chi connectivity index (χ4v) is 3.28. The van der Waals surface area contributed by atoms with Crippen molar-refractivity contribution in [1.29, 1.82) is 5.26 Å². The van der Waals surface area contributed by atoms with Crippen LogP contribution in [0.1, 0.15) is 30.5 Å². The van der Waals surface area contributed by atoms with Gasteiger partial charge in [-0.3, -0.25) is 9.78 Å². The summed E-state index contributed by atoms with van der Waals surface area (Å²) in [5.41, 5.74) is 4.10. The normalized spacial score (nSPS) is 13.7. The largest absolute Gasteiger partial charge is 0.410 e. The molecule has 3 rings (SSSR count). The molecule has 0 unspecified atom stereocenters. The summed E-state index contributed by atoms with van der Waals surface area (Å²) < 4.78 is 0. The van der Waals surface area contributed by atoms with E-state index in [2.05, 4.69) is 21.9 Å². The van der Waals surface area contributed by atoms with Crippen LogP contribution in [0.4, 0.5) is 5.69 Å². The van der Waals surface area contributed by atoms with Crippen molar-refractivity contribution in [3.63, 3.8) is 0 Å². The molecule has 1 amide bonds. The predicted molar refractivity (Wildman–Crippen MR) is 99.3 cm³/mol. The SMILES string of the molecule is N#C/C(=N/O)C(=O)NCCCNc1c2c(nc3ccccc13)CCCC2. The summed E-state index contributed by atoms with van der Waals surface area (Å²) in [4.78, 5) is 16.4. The van der Waals surface area contributed by atoms with Gasteiger partial charge in [0, 0.05) is 29.9 Å². The molecule has 0 saturated carbocycles. The van der Waals surface area contributed by atoms with Gasteiger partial charge in [0.15, 0.2) is 0 Å². The standard InChI is InChI=1S/C19H21N5O2/c20-12-17(24-26)19(25)22-11-5-10-21-18-13-6-1-3-8-15(13)23-16-9-4-2-7-14(16)18/h1,3,6,8,26H,2,4-5,7,9-11H2,(H,21,23)(H,22,25)/b24-17-. The molecular weight excluding hydrogens is 330 g/mol. The molecule has 1 heterocycles. The highest BCUT2D eigenvalue weighted by molar-refractivity contribution is 6.44. The van der Waals surface area contributed by atoms with Crippen molar-refractivity contribution in [2.45, 2.75) is 32.1 Å². The van der Waals surface area contributed by atoms with Gasteiger partial charge in [0.25, 0.3) is 5.91 Å². The van der Waals surface area contributed by atoms with Gasteiger partial charge < -0.3 is 15.8 Å². The van der Waals surface area contributed by atoms with Crippen molar-refractivity contribution < 1.29 is 10.0 Å². The number of hydrogen-bond acceptors (Lipinski definition) is 6. The van der Waals surface area contributed by atoms with E-state index in [0.717, 1.165) is 29.4 Å². The topological polar surface area (TPSA) is 110 Å². The number of benzene rings is 1. The third-order valence-electron chi connectivity index (χ3n) is 4.53. The van der Waals surface area contributed by atoms with Gasteiger partial charge in [-0.05, 0) is 43.7 Å². The summed E-state index contributed by atoms with van der Waals surface area (Å²) in [6.07, 6.45) is 5.08. The minimum Gasteiger partial charge on any atom is -0.410 e. The van der Waals surface area contributed by atoms with Crippen molar-refractivity contribution in [2.24, 2.45) is 5.16 Å². The monoisotopic (exact) mass is 351 g/mol. The summed E-state index contributed by atoms with van der Waals surface area (Å²) in [7, 11) is 0. The Labute approximate surface area is 151 Å². The Hall–Kier alpha value is -3.14. The summed E-state index contributed by atoms with van der Waals surface area (Å²) in [6, 6.07) is 9.67. The lowest BCUT2D eigenvalue weighted by molar-refractivity contribution is -0.114. The minimum absolute atomic E-state index is 0.387. The molecule has 0 spiro atoms. The molecule has 1 aromatic heterocycles. The van der Waals surface area contributed by atoms with Gasteiger partial charge in [-0.2, -0.15) is 5.26 Å². The van der Waals surface area contributed by atoms with E-state index in [4.69, 9.17) is 15.5 Å².